The van der Waals surface area contributed by atoms with Crippen molar-refractivity contribution in [3.05, 3.63) is 42.1 Å². The molecule has 0 radical (unpaired) electrons. The van der Waals surface area contributed by atoms with Gasteiger partial charge in [0.15, 0.2) is 5.13 Å². The summed E-state index contributed by atoms with van der Waals surface area (Å²) in [5, 5.41) is 12.9. The summed E-state index contributed by atoms with van der Waals surface area (Å²) >= 11 is 4.71. The van der Waals surface area contributed by atoms with Gasteiger partial charge in [0.25, 0.3) is 0 Å². The van der Waals surface area contributed by atoms with Crippen LogP contribution in [0, 0.1) is 11.3 Å². The Kier molecular flexibility index (Phi) is 10.2. The van der Waals surface area contributed by atoms with Gasteiger partial charge in [-0.25, -0.2) is 9.78 Å². The largest absolute Gasteiger partial charge is 0.481 e. The molecule has 1 heterocycles. The lowest BCUT2D eigenvalue weighted by atomic mass is 9.86. The number of hydrogen-bond donors (Lipinski definition) is 2. The monoisotopic (exact) mass is 521 g/mol. The number of anilines is 1. The predicted molar refractivity (Wildman–Crippen MR) is 144 cm³/mol. The molecule has 0 aliphatic heterocycles. The molecule has 186 valence electrons. The van der Waals surface area contributed by atoms with E-state index in [1.165, 1.54) is 28.7 Å². The van der Waals surface area contributed by atoms with Crippen LogP contribution in [0.5, 0.6) is 0 Å². The van der Waals surface area contributed by atoms with E-state index in [1.807, 2.05) is 22.7 Å². The summed E-state index contributed by atoms with van der Waals surface area (Å²) in [6.07, 6.45) is 6.11. The SMILES string of the molecule is CC(C)(CSc1cnc(NC(=O)N(CCSCc2ccccc2)[C@H]2CC[C@H](C)CC2)s1)C(=O)O. The molecule has 2 N–H and O–H groups in total. The topological polar surface area (TPSA) is 82.5 Å². The fourth-order valence-corrected chi connectivity index (χ4v) is 6.63. The van der Waals surface area contributed by atoms with Gasteiger partial charge in [0.1, 0.15) is 0 Å². The average Bonchev–Trinajstić information content (AvgIpc) is 3.26. The van der Waals surface area contributed by atoms with Crippen molar-refractivity contribution in [2.24, 2.45) is 11.3 Å². The number of rotatable bonds is 11. The highest BCUT2D eigenvalue weighted by Gasteiger charge is 2.29. The number of nitrogens with one attached hydrogen (secondary N) is 1. The Morgan fingerprint density at radius 3 is 2.59 bits per heavy atom. The maximum absolute atomic E-state index is 13.3. The summed E-state index contributed by atoms with van der Waals surface area (Å²) in [6.45, 7) is 6.43. The summed E-state index contributed by atoms with van der Waals surface area (Å²) in [6, 6.07) is 10.6. The lowest BCUT2D eigenvalue weighted by Gasteiger charge is -2.36. The van der Waals surface area contributed by atoms with Crippen LogP contribution < -0.4 is 5.32 Å². The van der Waals surface area contributed by atoms with Crippen LogP contribution in [0.2, 0.25) is 0 Å². The van der Waals surface area contributed by atoms with Crippen molar-refractivity contribution >= 4 is 52.0 Å². The van der Waals surface area contributed by atoms with E-state index < -0.39 is 11.4 Å². The van der Waals surface area contributed by atoms with Gasteiger partial charge in [0.05, 0.1) is 15.8 Å². The van der Waals surface area contributed by atoms with Crippen molar-refractivity contribution < 1.29 is 14.7 Å². The number of benzene rings is 1. The Balaban J connectivity index is 1.56. The number of aromatic nitrogens is 1. The summed E-state index contributed by atoms with van der Waals surface area (Å²) in [5.74, 6) is 2.18. The van der Waals surface area contributed by atoms with Crippen LogP contribution in [-0.4, -0.2) is 51.1 Å². The molecule has 0 bridgehead atoms. The van der Waals surface area contributed by atoms with E-state index >= 15 is 0 Å². The normalized spacial score (nSPS) is 18.4. The van der Waals surface area contributed by atoms with Crippen LogP contribution in [0.15, 0.2) is 40.7 Å². The summed E-state index contributed by atoms with van der Waals surface area (Å²) in [4.78, 5) is 31.0. The molecular weight excluding hydrogens is 486 g/mol. The third kappa shape index (κ3) is 8.20. The highest BCUT2D eigenvalue weighted by Crippen LogP contribution is 2.34. The molecule has 9 heteroatoms. The number of carboxylic acid groups (broad SMARTS) is 1. The van der Waals surface area contributed by atoms with Gasteiger partial charge in [-0.2, -0.15) is 11.8 Å². The highest BCUT2D eigenvalue weighted by molar-refractivity contribution is 8.01. The van der Waals surface area contributed by atoms with E-state index in [1.54, 1.807) is 20.0 Å². The van der Waals surface area contributed by atoms with Crippen molar-refractivity contribution in [2.45, 2.75) is 62.5 Å². The Bertz CT molecular complexity index is 928. The zero-order valence-corrected chi connectivity index (χ0v) is 22.6. The number of carbonyl (C=O) groups is 2. The van der Waals surface area contributed by atoms with Crippen molar-refractivity contribution in [1.82, 2.24) is 9.88 Å². The summed E-state index contributed by atoms with van der Waals surface area (Å²) in [5.41, 5.74) is 0.485. The Morgan fingerprint density at radius 1 is 1.21 bits per heavy atom. The molecule has 1 aliphatic rings. The van der Waals surface area contributed by atoms with Gasteiger partial charge < -0.3 is 10.0 Å². The highest BCUT2D eigenvalue weighted by atomic mass is 32.2. The molecule has 1 aromatic carbocycles. The van der Waals surface area contributed by atoms with Crippen molar-refractivity contribution in [1.29, 1.82) is 0 Å². The van der Waals surface area contributed by atoms with Crippen LogP contribution in [0.4, 0.5) is 9.93 Å². The molecule has 1 fully saturated rings. The molecule has 0 atom stereocenters. The van der Waals surface area contributed by atoms with Gasteiger partial charge >= 0.3 is 12.0 Å². The van der Waals surface area contributed by atoms with E-state index in [0.717, 1.165) is 47.3 Å². The molecule has 0 spiro atoms. The number of thioether (sulfide) groups is 2. The van der Waals surface area contributed by atoms with Gasteiger partial charge in [-0.1, -0.05) is 48.6 Å². The van der Waals surface area contributed by atoms with Crippen LogP contribution in [0.3, 0.4) is 0 Å². The number of nitrogens with zero attached hydrogens (tertiary/aromatic N) is 2. The number of aliphatic carboxylic acids is 1. The van der Waals surface area contributed by atoms with Gasteiger partial charge in [-0.3, -0.25) is 10.1 Å². The zero-order valence-electron chi connectivity index (χ0n) is 20.2. The first kappa shape index (κ1) is 26.9. The lowest BCUT2D eigenvalue weighted by Crippen LogP contribution is -2.45. The first-order valence-corrected chi connectivity index (χ1v) is 14.7. The molecule has 1 aromatic heterocycles. The summed E-state index contributed by atoms with van der Waals surface area (Å²) < 4.78 is 0.904. The van der Waals surface area contributed by atoms with Crippen LogP contribution >= 0.6 is 34.9 Å². The minimum Gasteiger partial charge on any atom is -0.481 e. The van der Waals surface area contributed by atoms with Crippen molar-refractivity contribution in [3.8, 4) is 0 Å². The van der Waals surface area contributed by atoms with Gasteiger partial charge in [-0.15, -0.1) is 11.8 Å². The maximum atomic E-state index is 13.3. The third-order valence-corrected chi connectivity index (χ3v) is 9.70. The van der Waals surface area contributed by atoms with E-state index in [-0.39, 0.29) is 12.1 Å². The minimum absolute atomic E-state index is 0.0865. The number of hydrogen-bond acceptors (Lipinski definition) is 6. The van der Waals surface area contributed by atoms with Crippen LogP contribution in [0.25, 0.3) is 0 Å². The molecule has 1 saturated carbocycles. The van der Waals surface area contributed by atoms with E-state index in [0.29, 0.717) is 17.4 Å². The van der Waals surface area contributed by atoms with Crippen LogP contribution in [-0.2, 0) is 10.5 Å². The molecule has 34 heavy (non-hydrogen) atoms. The van der Waals surface area contributed by atoms with E-state index in [2.05, 4.69) is 41.5 Å². The smallest absolute Gasteiger partial charge is 0.323 e. The predicted octanol–water partition coefficient (Wildman–Crippen LogP) is 6.69. The van der Waals surface area contributed by atoms with Gasteiger partial charge in [-0.05, 0) is 51.0 Å². The van der Waals surface area contributed by atoms with Crippen molar-refractivity contribution in [2.75, 3.05) is 23.4 Å². The number of carbonyl (C=O) groups excluding carboxylic acids is 1. The molecule has 6 nitrogen and oxygen atoms in total. The average molecular weight is 522 g/mol. The quantitative estimate of drug-likeness (QED) is 0.253. The van der Waals surface area contributed by atoms with Crippen LogP contribution in [0.1, 0.15) is 52.0 Å². The molecule has 0 saturated heterocycles. The fourth-order valence-electron chi connectivity index (χ4n) is 3.79. The zero-order chi connectivity index (χ0) is 24.6. The van der Waals surface area contributed by atoms with E-state index in [4.69, 9.17) is 0 Å². The number of carboxylic acids is 1. The van der Waals surface area contributed by atoms with Gasteiger partial charge in [0.2, 0.25) is 0 Å². The molecule has 0 unspecified atom stereocenters. The molecule has 2 aromatic rings. The van der Waals surface area contributed by atoms with Crippen molar-refractivity contribution in [3.63, 3.8) is 0 Å². The third-order valence-electron chi connectivity index (χ3n) is 6.13. The first-order chi connectivity index (χ1) is 16.2. The number of amides is 2. The minimum atomic E-state index is -0.819. The standard InChI is InChI=1S/C25H35N3O3S3/c1-18-9-11-20(12-10-18)28(13-14-32-16-19-7-5-4-6-8-19)24(31)27-23-26-15-21(34-23)33-17-25(2,3)22(29)30/h4-8,15,18,20H,9-14,16-17H2,1-3H3,(H,29,30)(H,26,27,31)/t18-,20-. The Hall–Kier alpha value is -1.71. The fraction of sp³-hybridized carbons (Fsp3) is 0.560. The second-order valence-corrected chi connectivity index (χ2v) is 12.9. The lowest BCUT2D eigenvalue weighted by molar-refractivity contribution is -0.145. The summed E-state index contributed by atoms with van der Waals surface area (Å²) in [7, 11) is 0. The Labute approximate surface area is 215 Å². The second-order valence-electron chi connectivity index (χ2n) is 9.54. The Morgan fingerprint density at radius 2 is 1.91 bits per heavy atom. The van der Waals surface area contributed by atoms with E-state index in [9.17, 15) is 14.7 Å². The molecule has 1 aliphatic carbocycles. The van der Waals surface area contributed by atoms with Gasteiger partial charge in [0, 0.05) is 29.8 Å². The maximum Gasteiger partial charge on any atom is 0.323 e. The first-order valence-electron chi connectivity index (χ1n) is 11.8. The second kappa shape index (κ2) is 12.8. The number of thiazole rings is 1. The molecule has 2 amide bonds. The molecular formula is C25H35N3O3S3. The molecule has 3 rings (SSSR count). The number of urea groups is 1.